The first-order valence-electron chi connectivity index (χ1n) is 6.42. The van der Waals surface area contributed by atoms with E-state index < -0.39 is 0 Å². The summed E-state index contributed by atoms with van der Waals surface area (Å²) in [5.74, 6) is 0.182. The summed E-state index contributed by atoms with van der Waals surface area (Å²) >= 11 is 0. The fourth-order valence-electron chi connectivity index (χ4n) is 1.95. The molecular weight excluding hydrogens is 252 g/mol. The van der Waals surface area contributed by atoms with Gasteiger partial charge in [0.15, 0.2) is 0 Å². The zero-order valence-corrected chi connectivity index (χ0v) is 11.4. The van der Waals surface area contributed by atoms with Crippen molar-refractivity contribution in [2.24, 2.45) is 5.73 Å². The van der Waals surface area contributed by atoms with Gasteiger partial charge in [0.25, 0.3) is 5.91 Å². The van der Waals surface area contributed by atoms with Crippen LogP contribution in [0.25, 0.3) is 0 Å². The summed E-state index contributed by atoms with van der Waals surface area (Å²) in [6.07, 6.45) is 0. The van der Waals surface area contributed by atoms with Gasteiger partial charge in [-0.2, -0.15) is 0 Å². The van der Waals surface area contributed by atoms with Crippen molar-refractivity contribution in [1.82, 2.24) is 4.90 Å². The lowest BCUT2D eigenvalue weighted by molar-refractivity contribution is 0.0785. The highest BCUT2D eigenvalue weighted by Crippen LogP contribution is 2.13. The molecule has 0 radical (unpaired) electrons. The van der Waals surface area contributed by atoms with Crippen LogP contribution in [0.2, 0.25) is 0 Å². The fourth-order valence-corrected chi connectivity index (χ4v) is 1.95. The molecule has 0 aromatic heterocycles. The molecule has 0 heterocycles. The van der Waals surface area contributed by atoms with E-state index in [0.29, 0.717) is 18.7 Å². The maximum atomic E-state index is 12.3. The fraction of sp³-hybridized carbons (Fsp3) is 0.188. The molecule has 0 spiro atoms. The molecule has 2 rings (SSSR count). The minimum absolute atomic E-state index is 0.0401. The molecule has 3 N–H and O–H groups in total. The number of carbonyl (C=O) groups excluding carboxylic acids is 1. The molecule has 0 aliphatic carbocycles. The third kappa shape index (κ3) is 3.36. The SMILES string of the molecule is CN(Cc1ccc(O)cc1)C(=O)c1ccc(CN)cc1. The second-order valence-corrected chi connectivity index (χ2v) is 4.73. The number of carbonyl (C=O) groups is 1. The average Bonchev–Trinajstić information content (AvgIpc) is 2.49. The van der Waals surface area contributed by atoms with Gasteiger partial charge in [-0.25, -0.2) is 0 Å². The number of benzene rings is 2. The molecule has 0 atom stereocenters. The highest BCUT2D eigenvalue weighted by Gasteiger charge is 2.11. The summed E-state index contributed by atoms with van der Waals surface area (Å²) in [4.78, 5) is 13.9. The van der Waals surface area contributed by atoms with Crippen molar-refractivity contribution in [1.29, 1.82) is 0 Å². The number of phenolic OH excluding ortho intramolecular Hbond substituents is 1. The number of amides is 1. The molecule has 20 heavy (non-hydrogen) atoms. The number of aromatic hydroxyl groups is 1. The lowest BCUT2D eigenvalue weighted by atomic mass is 10.1. The van der Waals surface area contributed by atoms with Crippen LogP contribution in [0, 0.1) is 0 Å². The third-order valence-electron chi connectivity index (χ3n) is 3.14. The average molecular weight is 270 g/mol. The Morgan fingerprint density at radius 3 is 2.15 bits per heavy atom. The van der Waals surface area contributed by atoms with E-state index in [-0.39, 0.29) is 11.7 Å². The van der Waals surface area contributed by atoms with Crippen LogP contribution in [-0.4, -0.2) is 23.0 Å². The summed E-state index contributed by atoms with van der Waals surface area (Å²) in [5.41, 5.74) is 8.15. The zero-order chi connectivity index (χ0) is 14.5. The standard InChI is InChI=1S/C16H18N2O2/c1-18(11-13-4-8-15(19)9-5-13)16(20)14-6-2-12(10-17)3-7-14/h2-9,19H,10-11,17H2,1H3. The Morgan fingerprint density at radius 1 is 1.05 bits per heavy atom. The first-order valence-corrected chi connectivity index (χ1v) is 6.42. The molecule has 0 saturated heterocycles. The first-order chi connectivity index (χ1) is 9.60. The van der Waals surface area contributed by atoms with Crippen LogP contribution >= 0.6 is 0 Å². The van der Waals surface area contributed by atoms with Crippen molar-refractivity contribution in [3.63, 3.8) is 0 Å². The maximum absolute atomic E-state index is 12.3. The molecule has 0 aliphatic heterocycles. The van der Waals surface area contributed by atoms with E-state index in [2.05, 4.69) is 0 Å². The topological polar surface area (TPSA) is 66.6 Å². The number of rotatable bonds is 4. The van der Waals surface area contributed by atoms with Crippen LogP contribution in [0.1, 0.15) is 21.5 Å². The summed E-state index contributed by atoms with van der Waals surface area (Å²) in [5, 5.41) is 9.24. The van der Waals surface area contributed by atoms with Gasteiger partial charge < -0.3 is 15.7 Å². The normalized spacial score (nSPS) is 10.3. The van der Waals surface area contributed by atoms with E-state index in [1.807, 2.05) is 12.1 Å². The summed E-state index contributed by atoms with van der Waals surface area (Å²) in [6, 6.07) is 14.1. The monoisotopic (exact) mass is 270 g/mol. The molecule has 0 saturated carbocycles. The van der Waals surface area contributed by atoms with Gasteiger partial charge in [-0.15, -0.1) is 0 Å². The van der Waals surface area contributed by atoms with Gasteiger partial charge in [0, 0.05) is 25.7 Å². The Morgan fingerprint density at radius 2 is 1.60 bits per heavy atom. The van der Waals surface area contributed by atoms with Crippen molar-refractivity contribution in [2.75, 3.05) is 7.05 Å². The van der Waals surface area contributed by atoms with Crippen molar-refractivity contribution in [3.8, 4) is 5.75 Å². The van der Waals surface area contributed by atoms with E-state index >= 15 is 0 Å². The van der Waals surface area contributed by atoms with Crippen molar-refractivity contribution < 1.29 is 9.90 Å². The summed E-state index contributed by atoms with van der Waals surface area (Å²) in [6.45, 7) is 0.968. The van der Waals surface area contributed by atoms with Gasteiger partial charge in [-0.3, -0.25) is 4.79 Å². The van der Waals surface area contributed by atoms with Gasteiger partial charge in [0.05, 0.1) is 0 Å². The molecule has 0 aliphatic rings. The number of nitrogens with zero attached hydrogens (tertiary/aromatic N) is 1. The van der Waals surface area contributed by atoms with Crippen LogP contribution in [0.5, 0.6) is 5.75 Å². The Balaban J connectivity index is 2.05. The molecule has 4 heteroatoms. The molecular formula is C16H18N2O2. The highest BCUT2D eigenvalue weighted by atomic mass is 16.3. The highest BCUT2D eigenvalue weighted by molar-refractivity contribution is 5.94. The molecule has 4 nitrogen and oxygen atoms in total. The van der Waals surface area contributed by atoms with Crippen LogP contribution in [0.4, 0.5) is 0 Å². The maximum Gasteiger partial charge on any atom is 0.253 e. The van der Waals surface area contributed by atoms with Gasteiger partial charge in [0.2, 0.25) is 0 Å². The minimum Gasteiger partial charge on any atom is -0.508 e. The smallest absolute Gasteiger partial charge is 0.253 e. The lowest BCUT2D eigenvalue weighted by Gasteiger charge is -2.17. The second-order valence-electron chi connectivity index (χ2n) is 4.73. The Labute approximate surface area is 118 Å². The molecule has 2 aromatic rings. The van der Waals surface area contributed by atoms with E-state index in [1.165, 1.54) is 0 Å². The van der Waals surface area contributed by atoms with Gasteiger partial charge >= 0.3 is 0 Å². The molecule has 1 amide bonds. The molecule has 2 aromatic carbocycles. The van der Waals surface area contributed by atoms with Crippen molar-refractivity contribution in [2.45, 2.75) is 13.1 Å². The van der Waals surface area contributed by atoms with Gasteiger partial charge in [0.1, 0.15) is 5.75 Å². The predicted octanol–water partition coefficient (Wildman–Crippen LogP) is 2.12. The third-order valence-corrected chi connectivity index (χ3v) is 3.14. The van der Waals surface area contributed by atoms with E-state index in [4.69, 9.17) is 5.73 Å². The number of phenols is 1. The largest absolute Gasteiger partial charge is 0.508 e. The van der Waals surface area contributed by atoms with Crippen LogP contribution in [0.15, 0.2) is 48.5 Å². The molecule has 0 fully saturated rings. The number of nitrogens with two attached hydrogens (primary N) is 1. The second kappa shape index (κ2) is 6.21. The minimum atomic E-state index is -0.0401. The molecule has 0 bridgehead atoms. The lowest BCUT2D eigenvalue weighted by Crippen LogP contribution is -2.26. The van der Waals surface area contributed by atoms with Gasteiger partial charge in [-0.1, -0.05) is 24.3 Å². The Kier molecular flexibility index (Phi) is 4.38. The Bertz CT molecular complexity index is 576. The molecule has 0 unspecified atom stereocenters. The van der Waals surface area contributed by atoms with E-state index in [1.54, 1.807) is 48.3 Å². The quantitative estimate of drug-likeness (QED) is 0.894. The molecule has 104 valence electrons. The van der Waals surface area contributed by atoms with Crippen molar-refractivity contribution in [3.05, 3.63) is 65.2 Å². The van der Waals surface area contributed by atoms with Crippen LogP contribution in [-0.2, 0) is 13.1 Å². The van der Waals surface area contributed by atoms with E-state index in [0.717, 1.165) is 11.1 Å². The zero-order valence-electron chi connectivity index (χ0n) is 11.4. The number of hydrogen-bond donors (Lipinski definition) is 2. The summed E-state index contributed by atoms with van der Waals surface area (Å²) in [7, 11) is 1.76. The predicted molar refractivity (Wildman–Crippen MR) is 78.2 cm³/mol. The van der Waals surface area contributed by atoms with E-state index in [9.17, 15) is 9.90 Å². The van der Waals surface area contributed by atoms with Crippen molar-refractivity contribution >= 4 is 5.91 Å². The van der Waals surface area contributed by atoms with Gasteiger partial charge in [-0.05, 0) is 35.4 Å². The number of hydrogen-bond acceptors (Lipinski definition) is 3. The van der Waals surface area contributed by atoms with Crippen LogP contribution in [0.3, 0.4) is 0 Å². The first kappa shape index (κ1) is 14.1. The van der Waals surface area contributed by atoms with Crippen LogP contribution < -0.4 is 5.73 Å². The summed E-state index contributed by atoms with van der Waals surface area (Å²) < 4.78 is 0. The Hall–Kier alpha value is -2.33.